The average molecular weight is 296 g/mol. The van der Waals surface area contributed by atoms with Gasteiger partial charge in [0, 0.05) is 32.6 Å². The van der Waals surface area contributed by atoms with Crippen LogP contribution in [0.1, 0.15) is 25.7 Å². The van der Waals surface area contributed by atoms with Gasteiger partial charge in [0.2, 0.25) is 10.0 Å². The zero-order chi connectivity index (χ0) is 14.2. The topological polar surface area (TPSA) is 59.5 Å². The fourth-order valence-corrected chi connectivity index (χ4v) is 4.84. The Bertz CT molecular complexity index is 563. The Hall–Kier alpha value is -0.980. The van der Waals surface area contributed by atoms with Crippen LogP contribution in [0.15, 0.2) is 29.4 Å². The Labute approximate surface area is 120 Å². The standard InChI is InChI=1S/C14H20N2O3S/c1-19-13-4-5-14(13)6-9-16(10-7-14)20(17,18)12-3-2-8-15-11-12/h2-3,8,11,13H,4-7,9-10H2,1H3/t13-/m0/s1. The summed E-state index contributed by atoms with van der Waals surface area (Å²) in [5.41, 5.74) is 0.218. The van der Waals surface area contributed by atoms with Crippen LogP contribution in [0.5, 0.6) is 0 Å². The van der Waals surface area contributed by atoms with Crippen LogP contribution in [-0.2, 0) is 14.8 Å². The maximum Gasteiger partial charge on any atom is 0.244 e. The molecule has 1 aromatic rings. The van der Waals surface area contributed by atoms with Gasteiger partial charge in [-0.05, 0) is 43.2 Å². The van der Waals surface area contributed by atoms with Gasteiger partial charge in [0.05, 0.1) is 6.10 Å². The van der Waals surface area contributed by atoms with Crippen LogP contribution in [0.3, 0.4) is 0 Å². The Balaban J connectivity index is 1.72. The predicted molar refractivity (Wildman–Crippen MR) is 74.7 cm³/mol. The number of nitrogens with zero attached hydrogens (tertiary/aromatic N) is 2. The molecular weight excluding hydrogens is 276 g/mol. The van der Waals surface area contributed by atoms with E-state index in [2.05, 4.69) is 4.98 Å². The van der Waals surface area contributed by atoms with E-state index in [0.29, 0.717) is 19.2 Å². The van der Waals surface area contributed by atoms with Crippen LogP contribution in [0.25, 0.3) is 0 Å². The monoisotopic (exact) mass is 296 g/mol. The van der Waals surface area contributed by atoms with Crippen molar-refractivity contribution in [3.05, 3.63) is 24.5 Å². The van der Waals surface area contributed by atoms with Crippen molar-refractivity contribution in [1.29, 1.82) is 0 Å². The number of hydrogen-bond acceptors (Lipinski definition) is 4. The number of sulfonamides is 1. The number of hydrogen-bond donors (Lipinski definition) is 0. The van der Waals surface area contributed by atoms with Gasteiger partial charge in [-0.3, -0.25) is 4.98 Å². The van der Waals surface area contributed by atoms with E-state index in [1.165, 1.54) is 6.20 Å². The third-order valence-electron chi connectivity index (χ3n) is 4.86. The van der Waals surface area contributed by atoms with E-state index in [-0.39, 0.29) is 10.3 Å². The zero-order valence-corrected chi connectivity index (χ0v) is 12.5. The number of rotatable bonds is 3. The summed E-state index contributed by atoms with van der Waals surface area (Å²) in [4.78, 5) is 4.19. The molecule has 0 radical (unpaired) electrons. The molecule has 110 valence electrons. The van der Waals surface area contributed by atoms with E-state index in [4.69, 9.17) is 4.74 Å². The predicted octanol–water partition coefficient (Wildman–Crippen LogP) is 1.66. The third kappa shape index (κ3) is 2.16. The lowest BCUT2D eigenvalue weighted by atomic mass is 9.61. The molecule has 1 atom stereocenters. The molecule has 20 heavy (non-hydrogen) atoms. The van der Waals surface area contributed by atoms with Gasteiger partial charge in [-0.25, -0.2) is 8.42 Å². The molecule has 0 unspecified atom stereocenters. The van der Waals surface area contributed by atoms with Gasteiger partial charge in [-0.1, -0.05) is 0 Å². The van der Waals surface area contributed by atoms with E-state index in [9.17, 15) is 8.42 Å². The van der Waals surface area contributed by atoms with Gasteiger partial charge in [0.25, 0.3) is 0 Å². The van der Waals surface area contributed by atoms with Crippen molar-refractivity contribution in [2.75, 3.05) is 20.2 Å². The molecule has 0 bridgehead atoms. The zero-order valence-electron chi connectivity index (χ0n) is 11.7. The van der Waals surface area contributed by atoms with Crippen molar-refractivity contribution in [3.8, 4) is 0 Å². The summed E-state index contributed by atoms with van der Waals surface area (Å²) in [6.07, 6.45) is 7.36. The largest absolute Gasteiger partial charge is 0.381 e. The average Bonchev–Trinajstić information content (AvgIpc) is 2.48. The fraction of sp³-hybridized carbons (Fsp3) is 0.643. The second kappa shape index (κ2) is 5.09. The van der Waals surface area contributed by atoms with Crippen LogP contribution in [0, 0.1) is 5.41 Å². The summed E-state index contributed by atoms with van der Waals surface area (Å²) >= 11 is 0. The molecule has 3 rings (SSSR count). The molecule has 1 spiro atoms. The molecule has 0 N–H and O–H groups in total. The van der Waals surface area contributed by atoms with Gasteiger partial charge < -0.3 is 4.74 Å². The van der Waals surface area contributed by atoms with E-state index >= 15 is 0 Å². The van der Waals surface area contributed by atoms with Crippen LogP contribution in [0.2, 0.25) is 0 Å². The van der Waals surface area contributed by atoms with E-state index in [0.717, 1.165) is 25.7 Å². The first kappa shape index (κ1) is 14.0. The molecule has 1 saturated carbocycles. The first-order chi connectivity index (χ1) is 9.58. The third-order valence-corrected chi connectivity index (χ3v) is 6.74. The Morgan fingerprint density at radius 3 is 2.60 bits per heavy atom. The summed E-state index contributed by atoms with van der Waals surface area (Å²) in [6.45, 7) is 1.16. The number of piperidine rings is 1. The molecule has 0 aromatic carbocycles. The molecule has 0 amide bonds. The van der Waals surface area contributed by atoms with Crippen molar-refractivity contribution in [2.24, 2.45) is 5.41 Å². The highest BCUT2D eigenvalue weighted by Gasteiger charge is 2.49. The Kier molecular flexibility index (Phi) is 3.56. The summed E-state index contributed by atoms with van der Waals surface area (Å²) in [5.74, 6) is 0. The molecule has 1 aliphatic heterocycles. The minimum atomic E-state index is -3.39. The van der Waals surface area contributed by atoms with Crippen LogP contribution in [0.4, 0.5) is 0 Å². The van der Waals surface area contributed by atoms with Gasteiger partial charge in [0.1, 0.15) is 4.90 Å². The molecule has 1 saturated heterocycles. The van der Waals surface area contributed by atoms with Crippen molar-refractivity contribution in [3.63, 3.8) is 0 Å². The molecule has 6 heteroatoms. The quantitative estimate of drug-likeness (QED) is 0.851. The van der Waals surface area contributed by atoms with Gasteiger partial charge in [-0.15, -0.1) is 0 Å². The molecule has 1 aromatic heterocycles. The van der Waals surface area contributed by atoms with Crippen LogP contribution >= 0.6 is 0 Å². The van der Waals surface area contributed by atoms with Crippen LogP contribution < -0.4 is 0 Å². The lowest BCUT2D eigenvalue weighted by Crippen LogP contribution is -2.53. The Morgan fingerprint density at radius 1 is 1.35 bits per heavy atom. The Morgan fingerprint density at radius 2 is 2.10 bits per heavy atom. The van der Waals surface area contributed by atoms with Crippen LogP contribution in [-0.4, -0.2) is 44.0 Å². The molecule has 5 nitrogen and oxygen atoms in total. The first-order valence-corrected chi connectivity index (χ1v) is 8.45. The lowest BCUT2D eigenvalue weighted by Gasteiger charge is -2.52. The van der Waals surface area contributed by atoms with Gasteiger partial charge in [0.15, 0.2) is 0 Å². The minimum Gasteiger partial charge on any atom is -0.381 e. The molecule has 2 fully saturated rings. The highest BCUT2D eigenvalue weighted by atomic mass is 32.2. The second-order valence-corrected chi connectivity index (χ2v) is 7.66. The van der Waals surface area contributed by atoms with Gasteiger partial charge in [-0.2, -0.15) is 4.31 Å². The summed E-state index contributed by atoms with van der Waals surface area (Å²) in [5, 5.41) is 0. The normalized spacial score (nSPS) is 26.4. The first-order valence-electron chi connectivity index (χ1n) is 7.01. The van der Waals surface area contributed by atoms with E-state index in [1.807, 2.05) is 0 Å². The van der Waals surface area contributed by atoms with Crippen molar-refractivity contribution in [2.45, 2.75) is 36.7 Å². The number of aromatic nitrogens is 1. The molecule has 2 heterocycles. The summed E-state index contributed by atoms with van der Waals surface area (Å²) in [7, 11) is -1.64. The number of pyridine rings is 1. The molecule has 1 aliphatic carbocycles. The second-order valence-electron chi connectivity index (χ2n) is 5.72. The lowest BCUT2D eigenvalue weighted by molar-refractivity contribution is -0.113. The maximum atomic E-state index is 12.5. The van der Waals surface area contributed by atoms with Crippen molar-refractivity contribution < 1.29 is 13.2 Å². The van der Waals surface area contributed by atoms with Gasteiger partial charge >= 0.3 is 0 Å². The fourth-order valence-electron chi connectivity index (χ4n) is 3.43. The SMILES string of the molecule is CO[C@H]1CCC12CCN(S(=O)(=O)c1cccnc1)CC2. The van der Waals surface area contributed by atoms with Crippen molar-refractivity contribution in [1.82, 2.24) is 9.29 Å². The van der Waals surface area contributed by atoms with E-state index < -0.39 is 10.0 Å². The molecule has 2 aliphatic rings. The minimum absolute atomic E-state index is 0.218. The molecular formula is C14H20N2O3S. The van der Waals surface area contributed by atoms with E-state index in [1.54, 1.807) is 29.7 Å². The van der Waals surface area contributed by atoms with Crippen molar-refractivity contribution >= 4 is 10.0 Å². The maximum absolute atomic E-state index is 12.5. The number of ether oxygens (including phenoxy) is 1. The summed E-state index contributed by atoms with van der Waals surface area (Å²) < 4.78 is 32.1. The highest BCUT2D eigenvalue weighted by molar-refractivity contribution is 7.89. The highest BCUT2D eigenvalue weighted by Crippen LogP contribution is 2.50. The number of methoxy groups -OCH3 is 1. The summed E-state index contributed by atoms with van der Waals surface area (Å²) in [6, 6.07) is 3.26. The smallest absolute Gasteiger partial charge is 0.244 e.